The Bertz CT molecular complexity index is 498. The standard InChI is InChI=1S/C17H25FN2/c1-4-15-10-19-17(3,13-5-6-13)11-20(15)16-8-7-14(18)9-12(16)2/h7-9,13,15,19H,4-6,10-11H2,1-3H3. The van der Waals surface area contributed by atoms with Gasteiger partial charge in [0, 0.05) is 30.4 Å². The van der Waals surface area contributed by atoms with E-state index in [-0.39, 0.29) is 11.4 Å². The number of benzene rings is 1. The van der Waals surface area contributed by atoms with Crippen LogP contribution in [0.5, 0.6) is 0 Å². The molecule has 1 saturated carbocycles. The molecule has 2 nitrogen and oxygen atoms in total. The van der Waals surface area contributed by atoms with Gasteiger partial charge in [0.1, 0.15) is 5.82 Å². The number of aryl methyl sites for hydroxylation is 1. The minimum atomic E-state index is -0.139. The van der Waals surface area contributed by atoms with Gasteiger partial charge in [-0.3, -0.25) is 0 Å². The van der Waals surface area contributed by atoms with Crippen LogP contribution in [0.25, 0.3) is 0 Å². The lowest BCUT2D eigenvalue weighted by Crippen LogP contribution is -2.64. The zero-order chi connectivity index (χ0) is 14.3. The minimum Gasteiger partial charge on any atom is -0.365 e. The lowest BCUT2D eigenvalue weighted by atomic mass is 9.89. The molecule has 3 rings (SSSR count). The third-order valence-electron chi connectivity index (χ3n) is 5.10. The van der Waals surface area contributed by atoms with Crippen molar-refractivity contribution in [3.63, 3.8) is 0 Å². The third-order valence-corrected chi connectivity index (χ3v) is 5.10. The van der Waals surface area contributed by atoms with Gasteiger partial charge in [0.15, 0.2) is 0 Å². The van der Waals surface area contributed by atoms with Gasteiger partial charge >= 0.3 is 0 Å². The first-order valence-corrected chi connectivity index (χ1v) is 7.81. The highest BCUT2D eigenvalue weighted by Crippen LogP contribution is 2.42. The Morgan fingerprint density at radius 2 is 2.15 bits per heavy atom. The summed E-state index contributed by atoms with van der Waals surface area (Å²) in [7, 11) is 0. The first-order valence-electron chi connectivity index (χ1n) is 7.81. The van der Waals surface area contributed by atoms with Crippen molar-refractivity contribution in [2.75, 3.05) is 18.0 Å². The first kappa shape index (κ1) is 13.9. The van der Waals surface area contributed by atoms with Crippen LogP contribution < -0.4 is 10.2 Å². The van der Waals surface area contributed by atoms with Crippen LogP contribution in [0.15, 0.2) is 18.2 Å². The number of halogens is 1. The van der Waals surface area contributed by atoms with Crippen molar-refractivity contribution in [3.8, 4) is 0 Å². The molecule has 2 fully saturated rings. The van der Waals surface area contributed by atoms with Crippen LogP contribution in [0.2, 0.25) is 0 Å². The van der Waals surface area contributed by atoms with E-state index in [4.69, 9.17) is 0 Å². The highest BCUT2D eigenvalue weighted by Gasteiger charge is 2.45. The topological polar surface area (TPSA) is 15.3 Å². The zero-order valence-electron chi connectivity index (χ0n) is 12.7. The van der Waals surface area contributed by atoms with Gasteiger partial charge in [-0.1, -0.05) is 6.92 Å². The summed E-state index contributed by atoms with van der Waals surface area (Å²) in [4.78, 5) is 2.50. The summed E-state index contributed by atoms with van der Waals surface area (Å²) in [5.74, 6) is 0.669. The average Bonchev–Trinajstić information content (AvgIpc) is 3.23. The van der Waals surface area contributed by atoms with Gasteiger partial charge in [0.25, 0.3) is 0 Å². The molecule has 2 unspecified atom stereocenters. The summed E-state index contributed by atoms with van der Waals surface area (Å²) in [5.41, 5.74) is 2.46. The van der Waals surface area contributed by atoms with Gasteiger partial charge in [0.05, 0.1) is 0 Å². The molecule has 0 spiro atoms. The molecule has 1 heterocycles. The highest BCUT2D eigenvalue weighted by molar-refractivity contribution is 5.55. The summed E-state index contributed by atoms with van der Waals surface area (Å²) >= 11 is 0. The van der Waals surface area contributed by atoms with Gasteiger partial charge < -0.3 is 10.2 Å². The van der Waals surface area contributed by atoms with Gasteiger partial charge in [0.2, 0.25) is 0 Å². The number of nitrogens with zero attached hydrogens (tertiary/aromatic N) is 1. The van der Waals surface area contributed by atoms with Crippen molar-refractivity contribution in [1.82, 2.24) is 5.32 Å². The number of hydrogen-bond donors (Lipinski definition) is 1. The van der Waals surface area contributed by atoms with Crippen LogP contribution in [-0.4, -0.2) is 24.7 Å². The van der Waals surface area contributed by atoms with Crippen LogP contribution >= 0.6 is 0 Å². The van der Waals surface area contributed by atoms with E-state index in [0.717, 1.165) is 31.0 Å². The van der Waals surface area contributed by atoms with E-state index in [1.54, 1.807) is 12.1 Å². The SMILES string of the molecule is CCC1CNC(C)(C2CC2)CN1c1ccc(F)cc1C. The molecule has 2 aliphatic rings. The number of rotatable bonds is 3. The average molecular weight is 276 g/mol. The molecule has 1 aromatic rings. The number of hydrogen-bond acceptors (Lipinski definition) is 2. The van der Waals surface area contributed by atoms with Crippen molar-refractivity contribution >= 4 is 5.69 Å². The number of piperazine rings is 1. The predicted molar refractivity (Wildman–Crippen MR) is 81.7 cm³/mol. The molecule has 2 atom stereocenters. The zero-order valence-corrected chi connectivity index (χ0v) is 12.7. The van der Waals surface area contributed by atoms with Crippen LogP contribution in [0.4, 0.5) is 10.1 Å². The largest absolute Gasteiger partial charge is 0.365 e. The van der Waals surface area contributed by atoms with E-state index >= 15 is 0 Å². The fourth-order valence-corrected chi connectivity index (χ4v) is 3.58. The molecule has 1 aromatic carbocycles. The second kappa shape index (κ2) is 5.03. The molecule has 20 heavy (non-hydrogen) atoms. The van der Waals surface area contributed by atoms with Gasteiger partial charge in [-0.05, 0) is 62.8 Å². The van der Waals surface area contributed by atoms with Gasteiger partial charge in [-0.25, -0.2) is 4.39 Å². The second-order valence-electron chi connectivity index (χ2n) is 6.69. The molecule has 1 saturated heterocycles. The van der Waals surface area contributed by atoms with Crippen molar-refractivity contribution in [3.05, 3.63) is 29.6 Å². The third kappa shape index (κ3) is 2.44. The molecule has 0 radical (unpaired) electrons. The molecule has 0 amide bonds. The van der Waals surface area contributed by atoms with Crippen LogP contribution in [0.1, 0.15) is 38.7 Å². The summed E-state index contributed by atoms with van der Waals surface area (Å²) in [6, 6.07) is 5.70. The Balaban J connectivity index is 1.90. The van der Waals surface area contributed by atoms with E-state index in [1.807, 2.05) is 13.0 Å². The molecule has 1 aliphatic heterocycles. The molecule has 1 aliphatic carbocycles. The molecule has 3 heteroatoms. The molecule has 1 N–H and O–H groups in total. The van der Waals surface area contributed by atoms with Gasteiger partial charge in [-0.2, -0.15) is 0 Å². The maximum Gasteiger partial charge on any atom is 0.123 e. The van der Waals surface area contributed by atoms with Crippen molar-refractivity contribution in [2.45, 2.75) is 51.6 Å². The van der Waals surface area contributed by atoms with Crippen LogP contribution in [-0.2, 0) is 0 Å². The fourth-order valence-electron chi connectivity index (χ4n) is 3.58. The fraction of sp³-hybridized carbons (Fsp3) is 0.647. The molecular formula is C17H25FN2. The predicted octanol–water partition coefficient (Wildman–Crippen LogP) is 3.49. The molecular weight excluding hydrogens is 251 g/mol. The molecule has 0 aromatic heterocycles. The Labute approximate surface area is 121 Å². The number of nitrogens with one attached hydrogen (secondary N) is 1. The Morgan fingerprint density at radius 1 is 1.40 bits per heavy atom. The Kier molecular flexibility index (Phi) is 3.49. The van der Waals surface area contributed by atoms with E-state index < -0.39 is 0 Å². The van der Waals surface area contributed by atoms with E-state index in [0.29, 0.717) is 6.04 Å². The monoisotopic (exact) mass is 276 g/mol. The smallest absolute Gasteiger partial charge is 0.123 e. The van der Waals surface area contributed by atoms with Crippen molar-refractivity contribution in [1.29, 1.82) is 0 Å². The normalized spacial score (nSPS) is 30.6. The second-order valence-corrected chi connectivity index (χ2v) is 6.69. The van der Waals surface area contributed by atoms with Crippen molar-refractivity contribution < 1.29 is 4.39 Å². The van der Waals surface area contributed by atoms with E-state index in [1.165, 1.54) is 18.5 Å². The quantitative estimate of drug-likeness (QED) is 0.909. The highest BCUT2D eigenvalue weighted by atomic mass is 19.1. The summed E-state index contributed by atoms with van der Waals surface area (Å²) in [5, 5.41) is 3.77. The maximum absolute atomic E-state index is 13.4. The minimum absolute atomic E-state index is 0.139. The lowest BCUT2D eigenvalue weighted by Gasteiger charge is -2.48. The Hall–Kier alpha value is -1.09. The van der Waals surface area contributed by atoms with E-state index in [2.05, 4.69) is 24.1 Å². The molecule has 0 bridgehead atoms. The Morgan fingerprint density at radius 3 is 2.75 bits per heavy atom. The summed E-state index contributed by atoms with van der Waals surface area (Å²) < 4.78 is 13.4. The van der Waals surface area contributed by atoms with Crippen LogP contribution in [0.3, 0.4) is 0 Å². The maximum atomic E-state index is 13.4. The van der Waals surface area contributed by atoms with Crippen LogP contribution in [0, 0.1) is 18.7 Å². The summed E-state index contributed by atoms with van der Waals surface area (Å²) in [6.07, 6.45) is 3.80. The summed E-state index contributed by atoms with van der Waals surface area (Å²) in [6.45, 7) is 8.66. The lowest BCUT2D eigenvalue weighted by molar-refractivity contribution is 0.252. The number of anilines is 1. The van der Waals surface area contributed by atoms with Gasteiger partial charge in [-0.15, -0.1) is 0 Å². The van der Waals surface area contributed by atoms with Crippen molar-refractivity contribution in [2.24, 2.45) is 5.92 Å². The molecule has 110 valence electrons. The first-order chi connectivity index (χ1) is 9.53. The van der Waals surface area contributed by atoms with E-state index in [9.17, 15) is 4.39 Å².